The summed E-state index contributed by atoms with van der Waals surface area (Å²) in [4.78, 5) is 11.5. The number of allylic oxidation sites excluding steroid dienone is 2. The molecule has 100 valence electrons. The van der Waals surface area contributed by atoms with Crippen LogP contribution in [0.2, 0.25) is 0 Å². The molecule has 0 heterocycles. The van der Waals surface area contributed by atoms with Gasteiger partial charge in [0.15, 0.2) is 0 Å². The van der Waals surface area contributed by atoms with Crippen LogP contribution in [0, 0.1) is 5.41 Å². The van der Waals surface area contributed by atoms with Crippen LogP contribution < -0.4 is 0 Å². The molecule has 2 rings (SSSR count). The third kappa shape index (κ3) is 2.22. The summed E-state index contributed by atoms with van der Waals surface area (Å²) in [5.74, 6) is -0.324. The van der Waals surface area contributed by atoms with Gasteiger partial charge in [-0.3, -0.25) is 0 Å². The molecular weight excluding hydrogens is 232 g/mol. The molecule has 0 radical (unpaired) electrons. The van der Waals surface area contributed by atoms with Crippen LogP contribution in [0.15, 0.2) is 23.3 Å². The molecule has 0 bridgehead atoms. The Labute approximate surface area is 107 Å². The molecule has 4 nitrogen and oxygen atoms in total. The van der Waals surface area contributed by atoms with Crippen molar-refractivity contribution in [1.29, 1.82) is 0 Å². The second-order valence-electron chi connectivity index (χ2n) is 5.21. The minimum Gasteiger partial charge on any atom is -0.463 e. The van der Waals surface area contributed by atoms with Crippen molar-refractivity contribution >= 4 is 5.97 Å². The first-order chi connectivity index (χ1) is 8.47. The number of aliphatic hydroxyl groups excluding tert-OH is 2. The number of fused-ring (bicyclic) bond motifs is 1. The average molecular weight is 252 g/mol. The molecule has 4 heteroatoms. The Morgan fingerprint density at radius 3 is 2.94 bits per heavy atom. The zero-order valence-corrected chi connectivity index (χ0v) is 10.8. The Morgan fingerprint density at radius 2 is 2.28 bits per heavy atom. The van der Waals surface area contributed by atoms with Crippen LogP contribution in [-0.4, -0.2) is 35.0 Å². The summed E-state index contributed by atoms with van der Waals surface area (Å²) in [7, 11) is 0. The molecule has 0 saturated heterocycles. The first-order valence-electron chi connectivity index (χ1n) is 6.42. The molecule has 18 heavy (non-hydrogen) atoms. The van der Waals surface area contributed by atoms with E-state index in [1.165, 1.54) is 0 Å². The van der Waals surface area contributed by atoms with E-state index in [4.69, 9.17) is 4.74 Å². The van der Waals surface area contributed by atoms with Crippen LogP contribution >= 0.6 is 0 Å². The molecule has 0 aliphatic heterocycles. The Bertz CT molecular complexity index is 410. The molecule has 0 aromatic heterocycles. The van der Waals surface area contributed by atoms with Gasteiger partial charge < -0.3 is 14.9 Å². The number of carbonyl (C=O) groups excluding carboxylic acids is 1. The summed E-state index contributed by atoms with van der Waals surface area (Å²) in [6, 6.07) is 0. The van der Waals surface area contributed by atoms with E-state index in [0.29, 0.717) is 13.0 Å². The molecule has 2 unspecified atom stereocenters. The van der Waals surface area contributed by atoms with E-state index in [9.17, 15) is 15.0 Å². The van der Waals surface area contributed by atoms with Crippen molar-refractivity contribution in [2.75, 3.05) is 6.61 Å². The van der Waals surface area contributed by atoms with Gasteiger partial charge in [0.1, 0.15) is 0 Å². The number of hydrogen-bond donors (Lipinski definition) is 2. The summed E-state index contributed by atoms with van der Waals surface area (Å²) in [5.41, 5.74) is 1.82. The van der Waals surface area contributed by atoms with Crippen LogP contribution in [0.25, 0.3) is 0 Å². The number of esters is 1. The number of ether oxygens (including phenoxy) is 1. The lowest BCUT2D eigenvalue weighted by atomic mass is 9.71. The van der Waals surface area contributed by atoms with Crippen molar-refractivity contribution in [3.8, 4) is 0 Å². The van der Waals surface area contributed by atoms with Gasteiger partial charge in [-0.05, 0) is 26.2 Å². The van der Waals surface area contributed by atoms with Gasteiger partial charge in [0.25, 0.3) is 0 Å². The maximum Gasteiger partial charge on any atom is 0.330 e. The van der Waals surface area contributed by atoms with Crippen molar-refractivity contribution in [3.63, 3.8) is 0 Å². The smallest absolute Gasteiger partial charge is 0.330 e. The zero-order valence-electron chi connectivity index (χ0n) is 10.8. The lowest BCUT2D eigenvalue weighted by Crippen LogP contribution is -2.36. The third-order valence-corrected chi connectivity index (χ3v) is 4.04. The molecule has 2 N–H and O–H groups in total. The number of hydrogen-bond acceptors (Lipinski definition) is 4. The van der Waals surface area contributed by atoms with Crippen LogP contribution in [-0.2, 0) is 9.53 Å². The van der Waals surface area contributed by atoms with E-state index in [0.717, 1.165) is 24.0 Å². The first kappa shape index (κ1) is 13.3. The molecule has 1 fully saturated rings. The van der Waals surface area contributed by atoms with Crippen LogP contribution in [0.1, 0.15) is 33.1 Å². The van der Waals surface area contributed by atoms with Gasteiger partial charge in [0, 0.05) is 11.5 Å². The van der Waals surface area contributed by atoms with E-state index in [2.05, 4.69) is 0 Å². The zero-order chi connectivity index (χ0) is 13.3. The van der Waals surface area contributed by atoms with E-state index in [-0.39, 0.29) is 11.4 Å². The number of rotatable bonds is 2. The normalized spacial score (nSPS) is 37.3. The molecule has 1 saturated carbocycles. The molecule has 0 amide bonds. The number of aliphatic hydroxyl groups is 2. The lowest BCUT2D eigenvalue weighted by molar-refractivity contribution is -0.137. The Balaban J connectivity index is 2.27. The van der Waals surface area contributed by atoms with Crippen LogP contribution in [0.3, 0.4) is 0 Å². The van der Waals surface area contributed by atoms with E-state index in [1.54, 1.807) is 19.1 Å². The Hall–Kier alpha value is -1.13. The van der Waals surface area contributed by atoms with Gasteiger partial charge in [-0.2, -0.15) is 0 Å². The summed E-state index contributed by atoms with van der Waals surface area (Å²) in [6.45, 7) is 4.16. The predicted molar refractivity (Wildman–Crippen MR) is 66.8 cm³/mol. The van der Waals surface area contributed by atoms with Crippen molar-refractivity contribution in [1.82, 2.24) is 0 Å². The van der Waals surface area contributed by atoms with E-state index in [1.807, 2.05) is 6.92 Å². The highest BCUT2D eigenvalue weighted by Gasteiger charge is 2.44. The fourth-order valence-electron chi connectivity index (χ4n) is 2.97. The SMILES string of the molecule is CCOC(=O)/C=C1/CCC2=CC(O)C(O)C[C@@]21C. The molecule has 0 aromatic carbocycles. The summed E-state index contributed by atoms with van der Waals surface area (Å²) >= 11 is 0. The maximum atomic E-state index is 11.5. The minimum atomic E-state index is -0.782. The van der Waals surface area contributed by atoms with Crippen molar-refractivity contribution in [3.05, 3.63) is 23.3 Å². The van der Waals surface area contributed by atoms with Crippen molar-refractivity contribution in [2.45, 2.75) is 45.3 Å². The lowest BCUT2D eigenvalue weighted by Gasteiger charge is -2.36. The fraction of sp³-hybridized carbons (Fsp3) is 0.643. The van der Waals surface area contributed by atoms with E-state index < -0.39 is 12.2 Å². The summed E-state index contributed by atoms with van der Waals surface area (Å²) in [6.07, 6.45) is 3.84. The van der Waals surface area contributed by atoms with Gasteiger partial charge in [-0.15, -0.1) is 0 Å². The molecule has 0 aromatic rings. The van der Waals surface area contributed by atoms with Crippen molar-refractivity contribution < 1.29 is 19.7 Å². The summed E-state index contributed by atoms with van der Waals surface area (Å²) in [5, 5.41) is 19.5. The standard InChI is InChI=1S/C14H20O4/c1-3-18-13(17)7-10-5-4-9-6-11(15)12(16)8-14(9,10)2/h6-7,11-12,15-16H,3-5,8H2,1-2H3/b10-7-/t11?,12?,14-/m0/s1. The quantitative estimate of drug-likeness (QED) is 0.442. The number of carbonyl (C=O) groups is 1. The maximum absolute atomic E-state index is 11.5. The van der Waals surface area contributed by atoms with Gasteiger partial charge in [-0.1, -0.05) is 24.1 Å². The highest BCUT2D eigenvalue weighted by molar-refractivity contribution is 5.83. The molecule has 3 atom stereocenters. The van der Waals surface area contributed by atoms with Crippen molar-refractivity contribution in [2.24, 2.45) is 5.41 Å². The Morgan fingerprint density at radius 1 is 1.56 bits per heavy atom. The minimum absolute atomic E-state index is 0.300. The molecular formula is C14H20O4. The average Bonchev–Trinajstić information content (AvgIpc) is 2.58. The predicted octanol–water partition coefficient (Wildman–Crippen LogP) is 1.33. The third-order valence-electron chi connectivity index (χ3n) is 4.04. The molecule has 0 spiro atoms. The monoisotopic (exact) mass is 252 g/mol. The first-order valence-corrected chi connectivity index (χ1v) is 6.42. The van der Waals surface area contributed by atoms with Gasteiger partial charge in [-0.25, -0.2) is 4.79 Å². The second kappa shape index (κ2) is 4.86. The molecule has 2 aliphatic carbocycles. The molecule has 2 aliphatic rings. The highest BCUT2D eigenvalue weighted by atomic mass is 16.5. The van der Waals surface area contributed by atoms with Gasteiger partial charge in [0.05, 0.1) is 18.8 Å². The van der Waals surface area contributed by atoms with Crippen LogP contribution in [0.5, 0.6) is 0 Å². The fourth-order valence-corrected chi connectivity index (χ4v) is 2.97. The Kier molecular flexibility index (Phi) is 3.59. The summed E-state index contributed by atoms with van der Waals surface area (Å²) < 4.78 is 4.93. The van der Waals surface area contributed by atoms with E-state index >= 15 is 0 Å². The van der Waals surface area contributed by atoms with Gasteiger partial charge >= 0.3 is 5.97 Å². The highest BCUT2D eigenvalue weighted by Crippen LogP contribution is 2.52. The topological polar surface area (TPSA) is 66.8 Å². The largest absolute Gasteiger partial charge is 0.463 e. The van der Waals surface area contributed by atoms with Crippen LogP contribution in [0.4, 0.5) is 0 Å². The van der Waals surface area contributed by atoms with Gasteiger partial charge in [0.2, 0.25) is 0 Å². The second-order valence-corrected chi connectivity index (χ2v) is 5.21.